The summed E-state index contributed by atoms with van der Waals surface area (Å²) in [5.74, 6) is -0.690. The molecule has 3 unspecified atom stereocenters. The Kier molecular flexibility index (Phi) is 11.6. The van der Waals surface area contributed by atoms with Crippen LogP contribution in [0.15, 0.2) is 18.2 Å². The zero-order chi connectivity index (χ0) is 26.1. The third kappa shape index (κ3) is 8.65. The van der Waals surface area contributed by atoms with Crippen LogP contribution in [0.2, 0.25) is 0 Å². The fraction of sp³-hybridized carbons (Fsp3) is 0.667. The van der Waals surface area contributed by atoms with Gasteiger partial charge < -0.3 is 20.3 Å². The van der Waals surface area contributed by atoms with Gasteiger partial charge in [0.1, 0.15) is 17.7 Å². The monoisotopic (exact) mass is 475 g/mol. The summed E-state index contributed by atoms with van der Waals surface area (Å²) in [5.41, 5.74) is 2.12. The first kappa shape index (κ1) is 29.5. The van der Waals surface area contributed by atoms with Crippen molar-refractivity contribution in [3.8, 4) is 0 Å². The number of nitrogens with one attached hydrogen (secondary N) is 2. The molecule has 0 bridgehead atoms. The van der Waals surface area contributed by atoms with Crippen molar-refractivity contribution in [3.63, 3.8) is 0 Å². The van der Waals surface area contributed by atoms with E-state index in [1.165, 1.54) is 4.90 Å². The highest BCUT2D eigenvalue weighted by Gasteiger charge is 2.36. The maximum atomic E-state index is 13.7. The molecule has 192 valence electrons. The molecule has 0 heterocycles. The molecule has 3 amide bonds. The molecule has 0 saturated carbocycles. The molecule has 34 heavy (non-hydrogen) atoms. The minimum atomic E-state index is -0.814. The van der Waals surface area contributed by atoms with Crippen molar-refractivity contribution < 1.29 is 19.1 Å². The molecule has 0 spiro atoms. The average molecular weight is 476 g/mol. The number of alkyl carbamates (subject to hydrolysis) is 1. The number of hydrogen-bond donors (Lipinski definition) is 2. The summed E-state index contributed by atoms with van der Waals surface area (Å²) in [6, 6.07) is 4.16. The molecule has 0 fully saturated rings. The van der Waals surface area contributed by atoms with Gasteiger partial charge in [0.2, 0.25) is 11.8 Å². The maximum Gasteiger partial charge on any atom is 0.408 e. The number of aryl methyl sites for hydroxylation is 1. The predicted octanol–water partition coefficient (Wildman–Crippen LogP) is 5.05. The van der Waals surface area contributed by atoms with E-state index in [2.05, 4.69) is 17.6 Å². The Morgan fingerprint density at radius 2 is 1.74 bits per heavy atom. The SMILES string of the molecule is CCCCCNC(=O)C(c1cccc(C)c1C)N(C)C(=O)C(NC(=O)OC(C)(C)C)C(C)CC. The van der Waals surface area contributed by atoms with Crippen LogP contribution >= 0.6 is 0 Å². The van der Waals surface area contributed by atoms with Gasteiger partial charge in [0, 0.05) is 13.6 Å². The highest BCUT2D eigenvalue weighted by Crippen LogP contribution is 2.27. The minimum Gasteiger partial charge on any atom is -0.444 e. The van der Waals surface area contributed by atoms with Crippen LogP contribution < -0.4 is 10.6 Å². The van der Waals surface area contributed by atoms with Gasteiger partial charge in [-0.05, 0) is 63.6 Å². The molecule has 1 aromatic carbocycles. The quantitative estimate of drug-likeness (QED) is 0.439. The highest BCUT2D eigenvalue weighted by molar-refractivity contribution is 5.92. The van der Waals surface area contributed by atoms with E-state index in [-0.39, 0.29) is 17.7 Å². The molecule has 3 atom stereocenters. The van der Waals surface area contributed by atoms with Gasteiger partial charge in [-0.1, -0.05) is 58.2 Å². The van der Waals surface area contributed by atoms with Gasteiger partial charge in [-0.2, -0.15) is 0 Å². The van der Waals surface area contributed by atoms with E-state index in [4.69, 9.17) is 4.74 Å². The summed E-state index contributed by atoms with van der Waals surface area (Å²) < 4.78 is 5.40. The molecule has 7 heteroatoms. The normalized spacial score (nSPS) is 14.0. The number of benzene rings is 1. The Balaban J connectivity index is 3.29. The maximum absolute atomic E-state index is 13.7. The second-order valence-electron chi connectivity index (χ2n) is 10.1. The Bertz CT molecular complexity index is 832. The Morgan fingerprint density at radius 1 is 1.09 bits per heavy atom. The molecular weight excluding hydrogens is 430 g/mol. The van der Waals surface area contributed by atoms with E-state index in [0.29, 0.717) is 13.0 Å². The lowest BCUT2D eigenvalue weighted by Crippen LogP contribution is -2.54. The van der Waals surface area contributed by atoms with Crippen LogP contribution in [0, 0.1) is 19.8 Å². The molecule has 0 aliphatic heterocycles. The van der Waals surface area contributed by atoms with Crippen LogP contribution in [-0.2, 0) is 14.3 Å². The summed E-state index contributed by atoms with van der Waals surface area (Å²) in [4.78, 5) is 41.1. The van der Waals surface area contributed by atoms with Gasteiger partial charge in [-0.3, -0.25) is 9.59 Å². The lowest BCUT2D eigenvalue weighted by atomic mass is 9.93. The minimum absolute atomic E-state index is 0.144. The number of hydrogen-bond acceptors (Lipinski definition) is 4. The highest BCUT2D eigenvalue weighted by atomic mass is 16.6. The van der Waals surface area contributed by atoms with Crippen LogP contribution in [0.4, 0.5) is 4.79 Å². The first-order chi connectivity index (χ1) is 15.8. The van der Waals surface area contributed by atoms with Crippen molar-refractivity contribution >= 4 is 17.9 Å². The van der Waals surface area contributed by atoms with Gasteiger partial charge in [-0.25, -0.2) is 4.79 Å². The number of rotatable bonds is 11. The summed E-state index contributed by atoms with van der Waals surface area (Å²) in [6.45, 7) is 15.8. The van der Waals surface area contributed by atoms with Crippen molar-refractivity contribution in [1.82, 2.24) is 15.5 Å². The lowest BCUT2D eigenvalue weighted by molar-refractivity contribution is -0.141. The fourth-order valence-electron chi connectivity index (χ4n) is 3.74. The molecular formula is C27H45N3O4. The molecule has 0 radical (unpaired) electrons. The van der Waals surface area contributed by atoms with Crippen LogP contribution in [0.25, 0.3) is 0 Å². The van der Waals surface area contributed by atoms with Crippen LogP contribution in [0.5, 0.6) is 0 Å². The van der Waals surface area contributed by atoms with E-state index in [0.717, 1.165) is 36.0 Å². The number of amides is 3. The first-order valence-electron chi connectivity index (χ1n) is 12.4. The smallest absolute Gasteiger partial charge is 0.408 e. The number of carbonyl (C=O) groups is 3. The number of unbranched alkanes of at least 4 members (excludes halogenated alkanes) is 2. The van der Waals surface area contributed by atoms with E-state index in [1.54, 1.807) is 27.8 Å². The van der Waals surface area contributed by atoms with Gasteiger partial charge in [0.15, 0.2) is 0 Å². The van der Waals surface area contributed by atoms with Gasteiger partial charge in [0.25, 0.3) is 0 Å². The lowest BCUT2D eigenvalue weighted by Gasteiger charge is -2.34. The van der Waals surface area contributed by atoms with Crippen molar-refractivity contribution in [3.05, 3.63) is 34.9 Å². The van der Waals surface area contributed by atoms with Crippen LogP contribution in [0.1, 0.15) is 90.0 Å². The third-order valence-electron chi connectivity index (χ3n) is 6.16. The molecule has 1 rings (SSSR count). The Morgan fingerprint density at radius 3 is 2.29 bits per heavy atom. The molecule has 1 aromatic rings. The second kappa shape index (κ2) is 13.4. The van der Waals surface area contributed by atoms with Gasteiger partial charge >= 0.3 is 6.09 Å². The predicted molar refractivity (Wildman–Crippen MR) is 137 cm³/mol. The summed E-state index contributed by atoms with van der Waals surface area (Å²) in [6.07, 6.45) is 3.00. The molecule has 0 aliphatic carbocycles. The van der Waals surface area contributed by atoms with Gasteiger partial charge in [-0.15, -0.1) is 0 Å². The molecule has 0 aromatic heterocycles. The Hall–Kier alpha value is -2.57. The molecule has 2 N–H and O–H groups in total. The van der Waals surface area contributed by atoms with Crippen molar-refractivity contribution in [1.29, 1.82) is 0 Å². The third-order valence-corrected chi connectivity index (χ3v) is 6.16. The van der Waals surface area contributed by atoms with E-state index < -0.39 is 23.8 Å². The largest absolute Gasteiger partial charge is 0.444 e. The topological polar surface area (TPSA) is 87.7 Å². The van der Waals surface area contributed by atoms with Gasteiger partial charge in [0.05, 0.1) is 0 Å². The fourth-order valence-corrected chi connectivity index (χ4v) is 3.74. The molecule has 0 aliphatic rings. The first-order valence-corrected chi connectivity index (χ1v) is 12.4. The van der Waals surface area contributed by atoms with Crippen molar-refractivity contribution in [2.24, 2.45) is 5.92 Å². The van der Waals surface area contributed by atoms with Crippen molar-refractivity contribution in [2.45, 2.75) is 98.8 Å². The zero-order valence-corrected chi connectivity index (χ0v) is 22.6. The number of carbonyl (C=O) groups excluding carboxylic acids is 3. The van der Waals surface area contributed by atoms with Crippen LogP contribution in [0.3, 0.4) is 0 Å². The number of ether oxygens (including phenoxy) is 1. The standard InChI is InChI=1S/C27H45N3O4/c1-10-12-13-17-28-24(31)23(21-16-14-15-19(4)20(21)5)30(9)25(32)22(18(3)11-2)29-26(33)34-27(6,7)8/h14-16,18,22-23H,10-13,17H2,1-9H3,(H,28,31)(H,29,33). The van der Waals surface area contributed by atoms with E-state index >= 15 is 0 Å². The number of nitrogens with zero attached hydrogens (tertiary/aromatic N) is 1. The Labute approximate surface area is 206 Å². The molecule has 7 nitrogen and oxygen atoms in total. The molecule has 0 saturated heterocycles. The zero-order valence-electron chi connectivity index (χ0n) is 22.6. The average Bonchev–Trinajstić information content (AvgIpc) is 2.75. The van der Waals surface area contributed by atoms with Crippen molar-refractivity contribution in [2.75, 3.05) is 13.6 Å². The summed E-state index contributed by atoms with van der Waals surface area (Å²) in [5, 5.41) is 5.76. The van der Waals surface area contributed by atoms with E-state index in [1.807, 2.05) is 45.9 Å². The van der Waals surface area contributed by atoms with E-state index in [9.17, 15) is 14.4 Å². The van der Waals surface area contributed by atoms with Crippen LogP contribution in [-0.4, -0.2) is 48.0 Å². The summed E-state index contributed by atoms with van der Waals surface area (Å²) in [7, 11) is 1.63. The number of likely N-dealkylation sites (N-methyl/N-ethyl adjacent to an activating group) is 1. The second-order valence-corrected chi connectivity index (χ2v) is 10.1. The summed E-state index contributed by atoms with van der Waals surface area (Å²) >= 11 is 0.